The first-order valence-electron chi connectivity index (χ1n) is 10.9. The Morgan fingerprint density at radius 1 is 0.639 bits per heavy atom. The Kier molecular flexibility index (Phi) is 6.94. The second-order valence-corrected chi connectivity index (χ2v) is 7.29. The van der Waals surface area contributed by atoms with E-state index >= 15 is 0 Å². The van der Waals surface area contributed by atoms with Crippen molar-refractivity contribution in [1.82, 2.24) is 55.1 Å². The minimum absolute atomic E-state index is 0.746. The number of aromatic nitrogens is 11. The summed E-state index contributed by atoms with van der Waals surface area (Å²) in [5.41, 5.74) is 5.58. The first-order valence-corrected chi connectivity index (χ1v) is 10.9. The van der Waals surface area contributed by atoms with Gasteiger partial charge in [0.25, 0.3) is 0 Å². The lowest BCUT2D eigenvalue weighted by Gasteiger charge is -1.89. The van der Waals surface area contributed by atoms with Gasteiger partial charge in [-0.1, -0.05) is 0 Å². The average Bonchev–Trinajstić information content (AvgIpc) is 3.76. The fourth-order valence-electron chi connectivity index (χ4n) is 3.21. The second kappa shape index (κ2) is 11.2. The summed E-state index contributed by atoms with van der Waals surface area (Å²) in [6, 6.07) is 7.71. The van der Waals surface area contributed by atoms with E-state index in [4.69, 9.17) is 0 Å². The zero-order valence-electron chi connectivity index (χ0n) is 18.9. The average molecular weight is 477 g/mol. The number of aliphatic imine (C=N–C) groups is 1. The molecule has 1 aliphatic heterocycles. The minimum Gasteiger partial charge on any atom is -0.346 e. The Morgan fingerprint density at radius 2 is 1.42 bits per heavy atom. The van der Waals surface area contributed by atoms with E-state index in [1.54, 1.807) is 37.2 Å². The Bertz CT molecular complexity index is 1450. The standard InChI is InChI=1S/4C6H5N3/c1-5-2-8-4-9-6(5)3-7-1;1-3-7-6-5(1)2-4-8-9-6;1-2-8-6-5(1)3-7-4-9-6;1-2-8-6-5(1)7-3-4-9-6/h2-4H,1H2;1-4H,(H,7,9);1-4H,(H,7,8,9);1-4H,(H,8,9). The molecule has 0 amide bonds. The molecule has 0 bridgehead atoms. The lowest BCUT2D eigenvalue weighted by molar-refractivity contribution is 1.04. The van der Waals surface area contributed by atoms with Gasteiger partial charge in [0.1, 0.15) is 23.8 Å². The maximum atomic E-state index is 4.05. The van der Waals surface area contributed by atoms with Gasteiger partial charge >= 0.3 is 0 Å². The monoisotopic (exact) mass is 476 g/mol. The van der Waals surface area contributed by atoms with Crippen LogP contribution in [0.1, 0.15) is 11.3 Å². The van der Waals surface area contributed by atoms with E-state index in [0.717, 1.165) is 51.0 Å². The molecule has 1 aliphatic rings. The van der Waals surface area contributed by atoms with E-state index < -0.39 is 0 Å². The third kappa shape index (κ3) is 5.56. The molecule has 176 valence electrons. The number of fused-ring (bicyclic) bond motifs is 4. The van der Waals surface area contributed by atoms with Crippen molar-refractivity contribution in [3.05, 3.63) is 97.8 Å². The molecule has 0 saturated carbocycles. The Morgan fingerprint density at radius 3 is 2.28 bits per heavy atom. The molecule has 0 saturated heterocycles. The smallest absolute Gasteiger partial charge is 0.159 e. The van der Waals surface area contributed by atoms with Gasteiger partial charge in [-0.3, -0.25) is 9.98 Å². The number of hydrogen-bond acceptors (Lipinski definition) is 9. The van der Waals surface area contributed by atoms with Crippen LogP contribution >= 0.6 is 0 Å². The zero-order valence-corrected chi connectivity index (χ0v) is 18.9. The van der Waals surface area contributed by atoms with Crippen molar-refractivity contribution in [2.75, 3.05) is 0 Å². The summed E-state index contributed by atoms with van der Waals surface area (Å²) >= 11 is 0. The molecule has 0 radical (unpaired) electrons. The Hall–Kier alpha value is -5.39. The van der Waals surface area contributed by atoms with Crippen molar-refractivity contribution in [2.24, 2.45) is 4.99 Å². The molecule has 0 spiro atoms. The Labute approximate surface area is 204 Å². The number of nitrogens with one attached hydrogen (secondary N) is 3. The fourth-order valence-corrected chi connectivity index (χ4v) is 3.21. The van der Waals surface area contributed by atoms with Crippen molar-refractivity contribution in [3.63, 3.8) is 0 Å². The van der Waals surface area contributed by atoms with Crippen LogP contribution in [-0.2, 0) is 6.54 Å². The van der Waals surface area contributed by atoms with Gasteiger partial charge in [0.2, 0.25) is 0 Å². The Balaban J connectivity index is 0.0000000988. The quantitative estimate of drug-likeness (QED) is 0.300. The van der Waals surface area contributed by atoms with Crippen LogP contribution in [0.4, 0.5) is 0 Å². The van der Waals surface area contributed by atoms with Crippen LogP contribution in [0.5, 0.6) is 0 Å². The minimum atomic E-state index is 0.746. The third-order valence-electron chi connectivity index (χ3n) is 4.94. The van der Waals surface area contributed by atoms with E-state index in [1.165, 1.54) is 12.7 Å². The summed E-state index contributed by atoms with van der Waals surface area (Å²) in [7, 11) is 0. The van der Waals surface area contributed by atoms with Crippen molar-refractivity contribution in [1.29, 1.82) is 0 Å². The number of H-pyrrole nitrogens is 3. The summed E-state index contributed by atoms with van der Waals surface area (Å²) < 4.78 is 0. The molecule has 12 heteroatoms. The molecule has 8 heterocycles. The molecule has 7 aromatic heterocycles. The molecule has 8 rings (SSSR count). The highest BCUT2D eigenvalue weighted by atomic mass is 15.1. The molecular weight excluding hydrogens is 456 g/mol. The van der Waals surface area contributed by atoms with Crippen LogP contribution in [0.25, 0.3) is 33.2 Å². The van der Waals surface area contributed by atoms with Crippen LogP contribution < -0.4 is 0 Å². The maximum Gasteiger partial charge on any atom is 0.159 e. The number of hydrogen-bond donors (Lipinski definition) is 3. The van der Waals surface area contributed by atoms with Gasteiger partial charge in [-0.05, 0) is 24.3 Å². The summed E-state index contributed by atoms with van der Waals surface area (Å²) in [6.45, 7) is 0.746. The highest BCUT2D eigenvalue weighted by Crippen LogP contribution is 2.08. The van der Waals surface area contributed by atoms with Crippen molar-refractivity contribution < 1.29 is 0 Å². The molecular formula is C24H20N12. The van der Waals surface area contributed by atoms with Gasteiger partial charge in [-0.15, -0.1) is 5.10 Å². The zero-order chi connectivity index (χ0) is 24.4. The van der Waals surface area contributed by atoms with Gasteiger partial charge in [-0.25, -0.2) is 24.9 Å². The number of rotatable bonds is 0. The SMILES string of the molecule is C1=NCc2cncnc21.c1cc2cc[nH]c2nn1.c1cnc2[nH]ccc2n1.c1ncc2cc[nH]c2n1. The molecule has 0 fully saturated rings. The van der Waals surface area contributed by atoms with E-state index in [0.29, 0.717) is 0 Å². The summed E-state index contributed by atoms with van der Waals surface area (Å²) in [4.78, 5) is 36.6. The van der Waals surface area contributed by atoms with Crippen molar-refractivity contribution >= 4 is 39.4 Å². The van der Waals surface area contributed by atoms with E-state index in [-0.39, 0.29) is 0 Å². The molecule has 7 aromatic rings. The van der Waals surface area contributed by atoms with E-state index in [2.05, 4.69) is 60.0 Å². The number of aromatic amines is 3. The fraction of sp³-hybridized carbons (Fsp3) is 0.0417. The van der Waals surface area contributed by atoms with Crippen LogP contribution in [-0.4, -0.2) is 61.3 Å². The molecule has 12 nitrogen and oxygen atoms in total. The van der Waals surface area contributed by atoms with Gasteiger partial charge < -0.3 is 15.0 Å². The number of nitrogens with zero attached hydrogens (tertiary/aromatic N) is 9. The third-order valence-corrected chi connectivity index (χ3v) is 4.94. The van der Waals surface area contributed by atoms with E-state index in [1.807, 2.05) is 42.9 Å². The van der Waals surface area contributed by atoms with Crippen molar-refractivity contribution in [2.45, 2.75) is 6.54 Å². The molecule has 36 heavy (non-hydrogen) atoms. The highest BCUT2D eigenvalue weighted by molar-refractivity contribution is 5.81. The predicted molar refractivity (Wildman–Crippen MR) is 135 cm³/mol. The molecule has 0 aliphatic carbocycles. The first kappa shape index (κ1) is 22.4. The summed E-state index contributed by atoms with van der Waals surface area (Å²) in [6.07, 6.45) is 19.0. The topological polar surface area (TPSA) is 163 Å². The van der Waals surface area contributed by atoms with Gasteiger partial charge in [0, 0.05) is 65.9 Å². The molecule has 0 aromatic carbocycles. The van der Waals surface area contributed by atoms with Crippen LogP contribution in [0.15, 0.2) is 91.5 Å². The van der Waals surface area contributed by atoms with E-state index in [9.17, 15) is 0 Å². The van der Waals surface area contributed by atoms with Crippen LogP contribution in [0, 0.1) is 0 Å². The van der Waals surface area contributed by atoms with Gasteiger partial charge in [0.15, 0.2) is 11.3 Å². The first-order chi connectivity index (χ1) is 17.9. The highest BCUT2D eigenvalue weighted by Gasteiger charge is 2.04. The predicted octanol–water partition coefficient (Wildman–Crippen LogP) is 3.28. The van der Waals surface area contributed by atoms with Gasteiger partial charge in [-0.2, -0.15) is 5.10 Å². The molecule has 0 atom stereocenters. The van der Waals surface area contributed by atoms with Crippen molar-refractivity contribution in [3.8, 4) is 0 Å². The second-order valence-electron chi connectivity index (χ2n) is 7.29. The van der Waals surface area contributed by atoms with Gasteiger partial charge in [0.05, 0.1) is 18.4 Å². The lowest BCUT2D eigenvalue weighted by atomic mass is 10.3. The maximum absolute atomic E-state index is 4.05. The molecule has 0 unspecified atom stereocenters. The summed E-state index contributed by atoms with van der Waals surface area (Å²) in [5.74, 6) is 0. The largest absolute Gasteiger partial charge is 0.346 e. The normalized spacial score (nSPS) is 11.1. The molecule has 3 N–H and O–H groups in total. The lowest BCUT2D eigenvalue weighted by Crippen LogP contribution is -1.88. The van der Waals surface area contributed by atoms with Crippen LogP contribution in [0.3, 0.4) is 0 Å². The van der Waals surface area contributed by atoms with Crippen LogP contribution in [0.2, 0.25) is 0 Å². The summed E-state index contributed by atoms with van der Waals surface area (Å²) in [5, 5.41) is 9.69.